The van der Waals surface area contributed by atoms with Crippen LogP contribution in [0.5, 0.6) is 0 Å². The van der Waals surface area contributed by atoms with E-state index in [-0.39, 0.29) is 5.54 Å². The molecule has 3 N–H and O–H groups in total. The molecule has 0 aliphatic carbocycles. The van der Waals surface area contributed by atoms with Gasteiger partial charge in [-0.3, -0.25) is 0 Å². The van der Waals surface area contributed by atoms with Crippen LogP contribution < -0.4 is 11.1 Å². The minimum Gasteiger partial charge on any atom is -0.323 e. The second-order valence-corrected chi connectivity index (χ2v) is 2.99. The Morgan fingerprint density at radius 2 is 2.00 bits per heavy atom. The highest BCUT2D eigenvalue weighted by atomic mass is 15.1. The summed E-state index contributed by atoms with van der Waals surface area (Å²) < 4.78 is 0. The van der Waals surface area contributed by atoms with Crippen molar-refractivity contribution in [3.05, 3.63) is 0 Å². The molecule has 8 heavy (non-hydrogen) atoms. The van der Waals surface area contributed by atoms with Crippen molar-refractivity contribution in [2.45, 2.75) is 19.4 Å². The summed E-state index contributed by atoms with van der Waals surface area (Å²) in [4.78, 5) is 0. The third-order valence-corrected chi connectivity index (χ3v) is 2.06. The predicted octanol–water partition coefficient (Wildman–Crippen LogP) is -0.0569. The van der Waals surface area contributed by atoms with Crippen molar-refractivity contribution in [2.75, 3.05) is 13.1 Å². The van der Waals surface area contributed by atoms with Crippen molar-refractivity contribution in [3.63, 3.8) is 0 Å². The largest absolute Gasteiger partial charge is 0.323 e. The predicted molar refractivity (Wildman–Crippen MR) is 34.6 cm³/mol. The van der Waals surface area contributed by atoms with Crippen LogP contribution in [0.1, 0.15) is 13.8 Å². The topological polar surface area (TPSA) is 38.0 Å². The molecule has 2 heteroatoms. The summed E-state index contributed by atoms with van der Waals surface area (Å²) in [6.07, 6.45) is 0. The van der Waals surface area contributed by atoms with Gasteiger partial charge in [-0.05, 0) is 5.92 Å². The van der Waals surface area contributed by atoms with E-state index in [4.69, 9.17) is 5.73 Å². The van der Waals surface area contributed by atoms with E-state index in [9.17, 15) is 0 Å². The zero-order valence-corrected chi connectivity index (χ0v) is 5.57. The molecular weight excluding hydrogens is 100 g/mol. The van der Waals surface area contributed by atoms with E-state index in [1.165, 1.54) is 0 Å². The van der Waals surface area contributed by atoms with E-state index in [0.717, 1.165) is 13.1 Å². The van der Waals surface area contributed by atoms with Crippen LogP contribution in [0.4, 0.5) is 0 Å². The first-order chi connectivity index (χ1) is 3.65. The van der Waals surface area contributed by atoms with Crippen molar-refractivity contribution in [3.8, 4) is 0 Å². The molecular formula is C6H14N2. The molecule has 1 fully saturated rings. The molecule has 0 aromatic heterocycles. The lowest BCUT2D eigenvalue weighted by atomic mass is 9.82. The summed E-state index contributed by atoms with van der Waals surface area (Å²) in [6.45, 7) is 6.32. The highest BCUT2D eigenvalue weighted by molar-refractivity contribution is 4.99. The molecule has 1 aliphatic heterocycles. The molecule has 2 nitrogen and oxygen atoms in total. The van der Waals surface area contributed by atoms with Crippen LogP contribution in [0, 0.1) is 5.92 Å². The highest BCUT2D eigenvalue weighted by Gasteiger charge is 2.34. The lowest BCUT2D eigenvalue weighted by Gasteiger charge is -2.42. The SMILES string of the molecule is CC(C)C1(N)CNC1. The monoisotopic (exact) mass is 114 g/mol. The molecule has 0 unspecified atom stereocenters. The van der Waals surface area contributed by atoms with Crippen LogP contribution in [0.3, 0.4) is 0 Å². The molecule has 0 bridgehead atoms. The number of hydrogen-bond donors (Lipinski definition) is 2. The Hall–Kier alpha value is -0.0800. The van der Waals surface area contributed by atoms with E-state index in [2.05, 4.69) is 19.2 Å². The third-order valence-electron chi connectivity index (χ3n) is 2.06. The van der Waals surface area contributed by atoms with Crippen molar-refractivity contribution in [1.29, 1.82) is 0 Å². The van der Waals surface area contributed by atoms with Crippen molar-refractivity contribution in [1.82, 2.24) is 5.32 Å². The van der Waals surface area contributed by atoms with Crippen LogP contribution in [0.2, 0.25) is 0 Å². The van der Waals surface area contributed by atoms with Gasteiger partial charge in [0.2, 0.25) is 0 Å². The summed E-state index contributed by atoms with van der Waals surface area (Å²) in [7, 11) is 0. The van der Waals surface area contributed by atoms with Gasteiger partial charge in [0.05, 0.1) is 0 Å². The van der Waals surface area contributed by atoms with Crippen LogP contribution in [0.25, 0.3) is 0 Å². The van der Waals surface area contributed by atoms with Crippen LogP contribution in [-0.4, -0.2) is 18.6 Å². The first-order valence-electron chi connectivity index (χ1n) is 3.15. The summed E-state index contributed by atoms with van der Waals surface area (Å²) in [5, 5.41) is 3.16. The Bertz CT molecular complexity index is 84.5. The smallest absolute Gasteiger partial charge is 0.0430 e. The van der Waals surface area contributed by atoms with Gasteiger partial charge >= 0.3 is 0 Å². The third kappa shape index (κ3) is 0.740. The van der Waals surface area contributed by atoms with Gasteiger partial charge < -0.3 is 11.1 Å². The van der Waals surface area contributed by atoms with Crippen molar-refractivity contribution >= 4 is 0 Å². The van der Waals surface area contributed by atoms with Gasteiger partial charge in [-0.1, -0.05) is 13.8 Å². The molecule has 1 saturated heterocycles. The molecule has 48 valence electrons. The van der Waals surface area contributed by atoms with Gasteiger partial charge in [-0.25, -0.2) is 0 Å². The number of hydrogen-bond acceptors (Lipinski definition) is 2. The Morgan fingerprint density at radius 3 is 2.00 bits per heavy atom. The summed E-state index contributed by atoms with van der Waals surface area (Å²) in [6, 6.07) is 0. The number of nitrogens with two attached hydrogens (primary N) is 1. The maximum Gasteiger partial charge on any atom is 0.0430 e. The average Bonchev–Trinajstić information content (AvgIpc) is 1.60. The Kier molecular flexibility index (Phi) is 1.29. The van der Waals surface area contributed by atoms with Crippen molar-refractivity contribution < 1.29 is 0 Å². The molecule has 0 aromatic carbocycles. The second kappa shape index (κ2) is 1.71. The van der Waals surface area contributed by atoms with Gasteiger partial charge in [0.25, 0.3) is 0 Å². The van der Waals surface area contributed by atoms with Gasteiger partial charge in [-0.15, -0.1) is 0 Å². The summed E-state index contributed by atoms with van der Waals surface area (Å²) in [5.41, 5.74) is 5.99. The minimum atomic E-state index is 0.111. The van der Waals surface area contributed by atoms with E-state index < -0.39 is 0 Å². The number of rotatable bonds is 1. The summed E-state index contributed by atoms with van der Waals surface area (Å²) >= 11 is 0. The lowest BCUT2D eigenvalue weighted by molar-refractivity contribution is 0.206. The molecule has 0 amide bonds. The fourth-order valence-corrected chi connectivity index (χ4v) is 0.822. The van der Waals surface area contributed by atoms with E-state index >= 15 is 0 Å². The fraction of sp³-hybridized carbons (Fsp3) is 1.00. The average molecular weight is 114 g/mol. The molecule has 0 spiro atoms. The normalized spacial score (nSPS) is 25.5. The molecule has 1 rings (SSSR count). The van der Waals surface area contributed by atoms with Gasteiger partial charge in [0.15, 0.2) is 0 Å². The minimum absolute atomic E-state index is 0.111. The molecule has 0 atom stereocenters. The standard InChI is InChI=1S/C6H14N2/c1-5(2)6(7)3-8-4-6/h5,8H,3-4,7H2,1-2H3. The van der Waals surface area contributed by atoms with Gasteiger partial charge in [0, 0.05) is 18.6 Å². The quantitative estimate of drug-likeness (QED) is 0.501. The Balaban J connectivity index is 2.41. The van der Waals surface area contributed by atoms with E-state index in [1.807, 2.05) is 0 Å². The Morgan fingerprint density at radius 1 is 1.50 bits per heavy atom. The van der Waals surface area contributed by atoms with E-state index in [1.54, 1.807) is 0 Å². The van der Waals surface area contributed by atoms with Gasteiger partial charge in [-0.2, -0.15) is 0 Å². The molecule has 1 aliphatic rings. The fourth-order valence-electron chi connectivity index (χ4n) is 0.822. The maximum atomic E-state index is 5.88. The van der Waals surface area contributed by atoms with Crippen molar-refractivity contribution in [2.24, 2.45) is 11.7 Å². The molecule has 0 aromatic rings. The Labute approximate surface area is 50.4 Å². The summed E-state index contributed by atoms with van der Waals surface area (Å²) in [5.74, 6) is 0.615. The van der Waals surface area contributed by atoms with E-state index in [0.29, 0.717) is 5.92 Å². The number of nitrogens with one attached hydrogen (secondary N) is 1. The van der Waals surface area contributed by atoms with Crippen LogP contribution in [-0.2, 0) is 0 Å². The second-order valence-electron chi connectivity index (χ2n) is 2.99. The molecule has 1 heterocycles. The zero-order valence-electron chi connectivity index (χ0n) is 5.57. The molecule has 0 saturated carbocycles. The lowest BCUT2D eigenvalue weighted by Crippen LogP contribution is -2.68. The molecule has 0 radical (unpaired) electrons. The maximum absolute atomic E-state index is 5.88. The van der Waals surface area contributed by atoms with Crippen LogP contribution in [0.15, 0.2) is 0 Å². The first-order valence-corrected chi connectivity index (χ1v) is 3.15. The van der Waals surface area contributed by atoms with Gasteiger partial charge in [0.1, 0.15) is 0 Å². The highest BCUT2D eigenvalue weighted by Crippen LogP contribution is 2.17. The van der Waals surface area contributed by atoms with Crippen LogP contribution >= 0.6 is 0 Å². The first kappa shape index (κ1) is 6.05. The zero-order chi connectivity index (χ0) is 6.20.